The fourth-order valence-electron chi connectivity index (χ4n) is 6.31. The second kappa shape index (κ2) is 10.8. The van der Waals surface area contributed by atoms with E-state index in [-0.39, 0.29) is 43.8 Å². The van der Waals surface area contributed by atoms with Crippen LogP contribution in [0.1, 0.15) is 42.3 Å². The van der Waals surface area contributed by atoms with E-state index in [0.717, 1.165) is 11.1 Å². The summed E-state index contributed by atoms with van der Waals surface area (Å²) < 4.78 is 32.4. The highest BCUT2D eigenvalue weighted by molar-refractivity contribution is 7.77. The molecule has 12 heteroatoms. The molecule has 3 aliphatic rings. The Morgan fingerprint density at radius 1 is 1.23 bits per heavy atom. The molecule has 5 N–H and O–H groups in total. The summed E-state index contributed by atoms with van der Waals surface area (Å²) in [4.78, 5) is 29.7. The van der Waals surface area contributed by atoms with Gasteiger partial charge in [0.1, 0.15) is 11.4 Å². The van der Waals surface area contributed by atoms with Gasteiger partial charge in [0.2, 0.25) is 12.3 Å². The van der Waals surface area contributed by atoms with E-state index < -0.39 is 28.9 Å². The summed E-state index contributed by atoms with van der Waals surface area (Å²) in [5, 5.41) is 11.1. The minimum absolute atomic E-state index is 0.0226. The van der Waals surface area contributed by atoms with E-state index in [2.05, 4.69) is 16.6 Å². The number of hydrogen-bond donors (Lipinski definition) is 4. The third kappa shape index (κ3) is 4.79. The summed E-state index contributed by atoms with van der Waals surface area (Å²) in [5.41, 5.74) is 7.62. The number of anilines is 1. The lowest BCUT2D eigenvalue weighted by Crippen LogP contribution is -2.71. The molecule has 3 aliphatic heterocycles. The number of nitrogens with two attached hydrogens (primary N) is 1. The smallest absolute Gasteiger partial charge is 0.232 e. The van der Waals surface area contributed by atoms with Crippen molar-refractivity contribution in [2.45, 2.75) is 36.9 Å². The maximum absolute atomic E-state index is 14.9. The Bertz CT molecular complexity index is 1340. The first-order chi connectivity index (χ1) is 18.8. The van der Waals surface area contributed by atoms with Crippen molar-refractivity contribution in [1.82, 2.24) is 14.9 Å². The lowest BCUT2D eigenvalue weighted by atomic mass is 9.81. The summed E-state index contributed by atoms with van der Waals surface area (Å²) in [6, 6.07) is 13.9. The summed E-state index contributed by atoms with van der Waals surface area (Å²) in [7, 11) is 0. The van der Waals surface area contributed by atoms with Gasteiger partial charge in [0.05, 0.1) is 24.8 Å². The number of nitrogens with zero attached hydrogens (tertiary/aromatic N) is 2. The molecule has 0 aromatic heterocycles. The van der Waals surface area contributed by atoms with Crippen molar-refractivity contribution in [3.63, 3.8) is 0 Å². The van der Waals surface area contributed by atoms with Crippen LogP contribution in [0.5, 0.6) is 5.75 Å². The van der Waals surface area contributed by atoms with Crippen molar-refractivity contribution in [3.8, 4) is 5.75 Å². The largest absolute Gasteiger partial charge is 0.760 e. The molecule has 3 heterocycles. The Hall–Kier alpha value is -3.74. The number of amides is 2. The zero-order chi connectivity index (χ0) is 27.7. The minimum atomic E-state index is -2.60. The first kappa shape index (κ1) is 26.9. The van der Waals surface area contributed by atoms with Crippen LogP contribution in [0.25, 0.3) is 0 Å². The number of ether oxygens (including phenoxy) is 1. The molecule has 1 saturated heterocycles. The Morgan fingerprint density at radius 2 is 1.95 bits per heavy atom. The molecule has 11 nitrogen and oxygen atoms in total. The fraction of sp³-hybridized carbons (Fsp3) is 0.370. The SMILES string of the molecule is C=C1CCN(C(=N)N)C(CNC=O)(N2C(=O)[C@H](C3COc4ccccc43)CC(NS(=O)[O-])c3ccccc32)C1. The van der Waals surface area contributed by atoms with Gasteiger partial charge in [-0.05, 0) is 30.5 Å². The standard InChI is InChI=1S/C27H32N6O5S/c1-17-10-11-32(26(28)29)27(13-17,15-30-16-34)33-23-8-4-2-7-19(23)22(31-39(36)37)12-20(25(33)35)21-14-38-24-9-5-3-6-18(21)24/h2-9,16,20-22,31H,1,10-15H2,(H3,28,29)(H,30,34)(H,36,37)/p-1/t20-,21?,22?,27?/m0/s1. The van der Waals surface area contributed by atoms with Gasteiger partial charge in [-0.3, -0.25) is 24.1 Å². The number of hydrogen-bond acceptors (Lipinski definition) is 6. The van der Waals surface area contributed by atoms with Gasteiger partial charge in [-0.25, -0.2) is 4.72 Å². The van der Waals surface area contributed by atoms with E-state index in [1.165, 1.54) is 0 Å². The predicted octanol–water partition coefficient (Wildman–Crippen LogP) is 1.63. The Kier molecular flexibility index (Phi) is 7.43. The molecule has 4 unspecified atom stereocenters. The molecular formula is C27H31N6O5S-. The van der Waals surface area contributed by atoms with E-state index in [9.17, 15) is 18.4 Å². The van der Waals surface area contributed by atoms with Crippen molar-refractivity contribution >= 4 is 35.2 Å². The van der Waals surface area contributed by atoms with Crippen molar-refractivity contribution in [3.05, 3.63) is 71.8 Å². The summed E-state index contributed by atoms with van der Waals surface area (Å²) >= 11 is -2.60. The number of fused-ring (bicyclic) bond motifs is 2. The monoisotopic (exact) mass is 551 g/mol. The first-order valence-electron chi connectivity index (χ1n) is 12.7. The van der Waals surface area contributed by atoms with E-state index in [0.29, 0.717) is 36.4 Å². The number of rotatable bonds is 7. The highest BCUT2D eigenvalue weighted by Crippen LogP contribution is 2.49. The average Bonchev–Trinajstić information content (AvgIpc) is 3.29. The summed E-state index contributed by atoms with van der Waals surface area (Å²) in [6.07, 6.45) is 1.55. The molecule has 1 fully saturated rings. The van der Waals surface area contributed by atoms with Crippen LogP contribution >= 0.6 is 0 Å². The molecule has 0 aliphatic carbocycles. The second-order valence-electron chi connectivity index (χ2n) is 10.1. The van der Waals surface area contributed by atoms with Crippen molar-refractivity contribution in [2.24, 2.45) is 11.7 Å². The van der Waals surface area contributed by atoms with Crippen molar-refractivity contribution < 1.29 is 23.1 Å². The van der Waals surface area contributed by atoms with Gasteiger partial charge >= 0.3 is 0 Å². The topological polar surface area (TPSA) is 164 Å². The van der Waals surface area contributed by atoms with Crippen LogP contribution < -0.4 is 25.4 Å². The molecule has 206 valence electrons. The molecule has 0 bridgehead atoms. The number of nitrogens with one attached hydrogen (secondary N) is 3. The number of carbonyl (C=O) groups excluding carboxylic acids is 2. The zero-order valence-electron chi connectivity index (χ0n) is 21.3. The summed E-state index contributed by atoms with van der Waals surface area (Å²) in [5.74, 6) is -0.870. The summed E-state index contributed by atoms with van der Waals surface area (Å²) in [6.45, 7) is 4.75. The molecule has 5 rings (SSSR count). The predicted molar refractivity (Wildman–Crippen MR) is 145 cm³/mol. The molecule has 0 radical (unpaired) electrons. The van der Waals surface area contributed by atoms with Crippen LogP contribution in [0.15, 0.2) is 60.7 Å². The third-order valence-electron chi connectivity index (χ3n) is 7.94. The molecule has 0 spiro atoms. The van der Waals surface area contributed by atoms with Crippen molar-refractivity contribution in [1.29, 1.82) is 5.41 Å². The van der Waals surface area contributed by atoms with Gasteiger partial charge in [0.15, 0.2) is 5.96 Å². The van der Waals surface area contributed by atoms with Crippen LogP contribution in [0, 0.1) is 11.3 Å². The molecule has 2 aromatic carbocycles. The quantitative estimate of drug-likeness (QED) is 0.134. The number of para-hydroxylation sites is 2. The maximum atomic E-state index is 14.9. The third-order valence-corrected chi connectivity index (χ3v) is 8.42. The van der Waals surface area contributed by atoms with Gasteiger partial charge in [-0.15, -0.1) is 0 Å². The van der Waals surface area contributed by atoms with Gasteiger partial charge in [0.25, 0.3) is 0 Å². The lowest BCUT2D eigenvalue weighted by Gasteiger charge is -2.54. The second-order valence-corrected chi connectivity index (χ2v) is 10.8. The van der Waals surface area contributed by atoms with Crippen molar-refractivity contribution in [2.75, 3.05) is 24.6 Å². The fourth-order valence-corrected chi connectivity index (χ4v) is 6.77. The van der Waals surface area contributed by atoms with E-state index in [1.54, 1.807) is 34.1 Å². The number of benzene rings is 2. The Balaban J connectivity index is 1.73. The molecule has 5 atom stereocenters. The number of carbonyl (C=O) groups is 2. The first-order valence-corrected chi connectivity index (χ1v) is 13.8. The van der Waals surface area contributed by atoms with Crippen LogP contribution in [-0.2, 0) is 20.9 Å². The van der Waals surface area contributed by atoms with Crippen LogP contribution in [0.2, 0.25) is 0 Å². The van der Waals surface area contributed by atoms with E-state index in [4.69, 9.17) is 15.9 Å². The van der Waals surface area contributed by atoms with Gasteiger partial charge in [-0.2, -0.15) is 0 Å². The molecule has 0 saturated carbocycles. The van der Waals surface area contributed by atoms with Crippen LogP contribution in [0.3, 0.4) is 0 Å². The zero-order valence-corrected chi connectivity index (χ0v) is 22.1. The Morgan fingerprint density at radius 3 is 2.67 bits per heavy atom. The van der Waals surface area contributed by atoms with E-state index in [1.807, 2.05) is 24.3 Å². The van der Waals surface area contributed by atoms with Crippen LogP contribution in [0.4, 0.5) is 5.69 Å². The molecule has 2 amide bonds. The minimum Gasteiger partial charge on any atom is -0.760 e. The molecule has 2 aromatic rings. The average molecular weight is 552 g/mol. The van der Waals surface area contributed by atoms with Gasteiger partial charge < -0.3 is 25.2 Å². The highest BCUT2D eigenvalue weighted by Gasteiger charge is 2.53. The van der Waals surface area contributed by atoms with E-state index >= 15 is 0 Å². The number of guanidine groups is 1. The molecular weight excluding hydrogens is 520 g/mol. The highest BCUT2D eigenvalue weighted by atomic mass is 32.2. The van der Waals surface area contributed by atoms with Gasteiger partial charge in [0, 0.05) is 41.8 Å². The Labute approximate surface area is 229 Å². The normalized spacial score (nSPS) is 27.2. The number of likely N-dealkylation sites (tertiary alicyclic amines) is 1. The maximum Gasteiger partial charge on any atom is 0.232 e. The lowest BCUT2D eigenvalue weighted by molar-refractivity contribution is -0.126. The molecule has 39 heavy (non-hydrogen) atoms. The van der Waals surface area contributed by atoms with Gasteiger partial charge in [-0.1, -0.05) is 48.6 Å². The number of piperidine rings is 1. The van der Waals surface area contributed by atoms with Crippen LogP contribution in [-0.4, -0.2) is 57.3 Å².